The third-order valence-electron chi connectivity index (χ3n) is 2.70. The van der Waals surface area contributed by atoms with Crippen molar-refractivity contribution in [2.75, 3.05) is 24.7 Å². The Morgan fingerprint density at radius 1 is 1.38 bits per heavy atom. The van der Waals surface area contributed by atoms with Gasteiger partial charge in [-0.05, 0) is 31.0 Å². The van der Waals surface area contributed by atoms with Crippen LogP contribution >= 0.6 is 0 Å². The molecule has 4 heteroatoms. The molecule has 0 saturated carbocycles. The van der Waals surface area contributed by atoms with Gasteiger partial charge >= 0.3 is 0 Å². The van der Waals surface area contributed by atoms with E-state index in [1.54, 1.807) is 4.90 Å². The van der Waals surface area contributed by atoms with E-state index in [1.807, 2.05) is 26.0 Å². The van der Waals surface area contributed by atoms with Crippen molar-refractivity contribution in [3.63, 3.8) is 0 Å². The van der Waals surface area contributed by atoms with Gasteiger partial charge in [-0.1, -0.05) is 6.07 Å². The van der Waals surface area contributed by atoms with Crippen LogP contribution < -0.4 is 4.90 Å². The SMILES string of the molecule is Cc1cc(C)c(O)c(N2CCOCC2=O)c1. The molecule has 1 aromatic rings. The van der Waals surface area contributed by atoms with Crippen LogP contribution in [0.25, 0.3) is 0 Å². The summed E-state index contributed by atoms with van der Waals surface area (Å²) in [6.45, 7) is 4.87. The summed E-state index contributed by atoms with van der Waals surface area (Å²) < 4.78 is 5.06. The molecule has 4 nitrogen and oxygen atoms in total. The number of amides is 1. The van der Waals surface area contributed by atoms with E-state index in [4.69, 9.17) is 4.74 Å². The normalized spacial score (nSPS) is 16.6. The molecule has 1 aliphatic heterocycles. The van der Waals surface area contributed by atoms with Gasteiger partial charge in [0.05, 0.1) is 12.3 Å². The van der Waals surface area contributed by atoms with Crippen molar-refractivity contribution in [1.29, 1.82) is 0 Å². The van der Waals surface area contributed by atoms with E-state index >= 15 is 0 Å². The average Bonchev–Trinajstić information content (AvgIpc) is 2.24. The summed E-state index contributed by atoms with van der Waals surface area (Å²) in [4.78, 5) is 13.2. The molecule has 0 bridgehead atoms. The van der Waals surface area contributed by atoms with E-state index in [9.17, 15) is 9.90 Å². The molecule has 1 saturated heterocycles. The molecular formula is C12H15NO3. The number of anilines is 1. The van der Waals surface area contributed by atoms with Gasteiger partial charge in [0.25, 0.3) is 5.91 Å². The van der Waals surface area contributed by atoms with Crippen LogP contribution in [-0.2, 0) is 9.53 Å². The molecular weight excluding hydrogens is 206 g/mol. The lowest BCUT2D eigenvalue weighted by Crippen LogP contribution is -2.41. The van der Waals surface area contributed by atoms with Crippen molar-refractivity contribution in [1.82, 2.24) is 0 Å². The van der Waals surface area contributed by atoms with Crippen molar-refractivity contribution in [3.05, 3.63) is 23.3 Å². The molecule has 1 N–H and O–H groups in total. The second kappa shape index (κ2) is 4.14. The second-order valence-electron chi connectivity index (χ2n) is 4.05. The number of rotatable bonds is 1. The molecule has 0 aliphatic carbocycles. The molecule has 0 spiro atoms. The van der Waals surface area contributed by atoms with Crippen molar-refractivity contribution >= 4 is 11.6 Å². The number of aryl methyl sites for hydroxylation is 2. The average molecular weight is 221 g/mol. The first kappa shape index (κ1) is 11.0. The Kier molecular flexibility index (Phi) is 2.83. The number of nitrogens with zero attached hydrogens (tertiary/aromatic N) is 1. The summed E-state index contributed by atoms with van der Waals surface area (Å²) in [5.74, 6) is 0.0763. The summed E-state index contributed by atoms with van der Waals surface area (Å²) in [5, 5.41) is 9.96. The summed E-state index contributed by atoms with van der Waals surface area (Å²) in [7, 11) is 0. The topological polar surface area (TPSA) is 49.8 Å². The Hall–Kier alpha value is -1.55. The highest BCUT2D eigenvalue weighted by molar-refractivity contribution is 5.96. The van der Waals surface area contributed by atoms with Gasteiger partial charge in [0, 0.05) is 6.54 Å². The number of morpholine rings is 1. The predicted molar refractivity (Wildman–Crippen MR) is 60.8 cm³/mol. The lowest BCUT2D eigenvalue weighted by atomic mass is 10.1. The van der Waals surface area contributed by atoms with E-state index in [0.29, 0.717) is 18.8 Å². The number of hydrogen-bond donors (Lipinski definition) is 1. The Balaban J connectivity index is 2.42. The van der Waals surface area contributed by atoms with Gasteiger partial charge in [0.1, 0.15) is 12.4 Å². The first-order valence-corrected chi connectivity index (χ1v) is 5.28. The van der Waals surface area contributed by atoms with E-state index in [1.165, 1.54) is 0 Å². The molecule has 16 heavy (non-hydrogen) atoms. The van der Waals surface area contributed by atoms with Crippen LogP contribution in [0.3, 0.4) is 0 Å². The highest BCUT2D eigenvalue weighted by atomic mass is 16.5. The lowest BCUT2D eigenvalue weighted by molar-refractivity contribution is -0.125. The van der Waals surface area contributed by atoms with Gasteiger partial charge < -0.3 is 14.7 Å². The number of aromatic hydroxyl groups is 1. The van der Waals surface area contributed by atoms with Crippen LogP contribution in [0.1, 0.15) is 11.1 Å². The minimum absolute atomic E-state index is 0.0897. The minimum atomic E-state index is -0.105. The molecule has 1 heterocycles. The summed E-state index contributed by atoms with van der Waals surface area (Å²) in [6, 6.07) is 3.72. The van der Waals surface area contributed by atoms with Crippen molar-refractivity contribution in [2.45, 2.75) is 13.8 Å². The maximum absolute atomic E-state index is 11.7. The Bertz CT molecular complexity index is 429. The number of benzene rings is 1. The van der Waals surface area contributed by atoms with Crippen LogP contribution in [0.5, 0.6) is 5.75 Å². The molecule has 0 unspecified atom stereocenters. The fourth-order valence-corrected chi connectivity index (χ4v) is 1.92. The van der Waals surface area contributed by atoms with E-state index in [-0.39, 0.29) is 18.3 Å². The second-order valence-corrected chi connectivity index (χ2v) is 4.05. The van der Waals surface area contributed by atoms with Crippen molar-refractivity contribution < 1.29 is 14.6 Å². The molecule has 1 fully saturated rings. The zero-order valence-corrected chi connectivity index (χ0v) is 9.49. The van der Waals surface area contributed by atoms with E-state index in [0.717, 1.165) is 11.1 Å². The van der Waals surface area contributed by atoms with E-state index < -0.39 is 0 Å². The van der Waals surface area contributed by atoms with Crippen LogP contribution in [0.15, 0.2) is 12.1 Å². The zero-order chi connectivity index (χ0) is 11.7. The van der Waals surface area contributed by atoms with Gasteiger partial charge in [-0.3, -0.25) is 4.79 Å². The van der Waals surface area contributed by atoms with Gasteiger partial charge in [-0.15, -0.1) is 0 Å². The zero-order valence-electron chi connectivity index (χ0n) is 9.49. The fourth-order valence-electron chi connectivity index (χ4n) is 1.92. The van der Waals surface area contributed by atoms with Crippen LogP contribution in [-0.4, -0.2) is 30.8 Å². The molecule has 2 rings (SSSR count). The van der Waals surface area contributed by atoms with E-state index in [2.05, 4.69) is 0 Å². The maximum atomic E-state index is 11.7. The van der Waals surface area contributed by atoms with Crippen molar-refractivity contribution in [3.8, 4) is 5.75 Å². The summed E-state index contributed by atoms with van der Waals surface area (Å²) in [5.41, 5.74) is 2.41. The number of hydrogen-bond acceptors (Lipinski definition) is 3. The third kappa shape index (κ3) is 1.88. The molecule has 1 aliphatic rings. The largest absolute Gasteiger partial charge is 0.505 e. The number of phenols is 1. The number of phenolic OH excluding ortho intramolecular Hbond substituents is 1. The van der Waals surface area contributed by atoms with Crippen LogP contribution in [0, 0.1) is 13.8 Å². The maximum Gasteiger partial charge on any atom is 0.253 e. The summed E-state index contributed by atoms with van der Waals surface area (Å²) >= 11 is 0. The molecule has 0 atom stereocenters. The monoisotopic (exact) mass is 221 g/mol. The lowest BCUT2D eigenvalue weighted by Gasteiger charge is -2.28. The molecule has 1 aromatic carbocycles. The highest BCUT2D eigenvalue weighted by Crippen LogP contribution is 2.32. The first-order chi connectivity index (χ1) is 7.59. The van der Waals surface area contributed by atoms with Crippen molar-refractivity contribution in [2.24, 2.45) is 0 Å². The smallest absolute Gasteiger partial charge is 0.253 e. The summed E-state index contributed by atoms with van der Waals surface area (Å²) in [6.07, 6.45) is 0. The number of ether oxygens (including phenoxy) is 1. The fraction of sp³-hybridized carbons (Fsp3) is 0.417. The number of carbonyl (C=O) groups excluding carboxylic acids is 1. The quantitative estimate of drug-likeness (QED) is 0.779. The third-order valence-corrected chi connectivity index (χ3v) is 2.70. The molecule has 86 valence electrons. The Morgan fingerprint density at radius 2 is 2.12 bits per heavy atom. The van der Waals surface area contributed by atoms with Crippen LogP contribution in [0.2, 0.25) is 0 Å². The van der Waals surface area contributed by atoms with Gasteiger partial charge in [0.2, 0.25) is 0 Å². The molecule has 0 radical (unpaired) electrons. The van der Waals surface area contributed by atoms with Gasteiger partial charge in [-0.25, -0.2) is 0 Å². The molecule has 0 aromatic heterocycles. The predicted octanol–water partition coefficient (Wildman–Crippen LogP) is 1.37. The first-order valence-electron chi connectivity index (χ1n) is 5.28. The standard InChI is InChI=1S/C12H15NO3/c1-8-5-9(2)12(15)10(6-8)13-3-4-16-7-11(13)14/h5-6,15H,3-4,7H2,1-2H3. The number of carbonyl (C=O) groups is 1. The Labute approximate surface area is 94.4 Å². The van der Waals surface area contributed by atoms with Gasteiger partial charge in [-0.2, -0.15) is 0 Å². The molecule has 1 amide bonds. The van der Waals surface area contributed by atoms with Gasteiger partial charge in [0.15, 0.2) is 0 Å². The minimum Gasteiger partial charge on any atom is -0.505 e. The Morgan fingerprint density at radius 3 is 2.81 bits per heavy atom. The highest BCUT2D eigenvalue weighted by Gasteiger charge is 2.23. The van der Waals surface area contributed by atoms with Crippen LogP contribution in [0.4, 0.5) is 5.69 Å².